The Bertz CT molecular complexity index is 307. The molecule has 0 saturated carbocycles. The number of rotatable bonds is 5. The van der Waals surface area contributed by atoms with Crippen molar-refractivity contribution in [3.05, 3.63) is 29.3 Å². The smallest absolute Gasteiger partial charge is 0.0101 e. The van der Waals surface area contributed by atoms with Gasteiger partial charge in [-0.2, -0.15) is 0 Å². The average molecular weight is 223 g/mol. The largest absolute Gasteiger partial charge is 0.328 e. The van der Waals surface area contributed by atoms with Gasteiger partial charge in [0, 0.05) is 10.9 Å². The van der Waals surface area contributed by atoms with Crippen molar-refractivity contribution < 1.29 is 0 Å². The molecule has 0 amide bonds. The van der Waals surface area contributed by atoms with Gasteiger partial charge in [0.1, 0.15) is 0 Å². The zero-order chi connectivity index (χ0) is 11.3. The molecule has 15 heavy (non-hydrogen) atoms. The lowest BCUT2D eigenvalue weighted by Crippen LogP contribution is -2.14. The van der Waals surface area contributed by atoms with E-state index in [9.17, 15) is 0 Å². The van der Waals surface area contributed by atoms with Crippen molar-refractivity contribution in [3.8, 4) is 0 Å². The number of hydrogen-bond acceptors (Lipinski definition) is 2. The maximum Gasteiger partial charge on any atom is 0.0101 e. The predicted octanol–water partition coefficient (Wildman–Crippen LogP) is 3.52. The molecule has 2 N–H and O–H groups in total. The molecule has 2 heteroatoms. The summed E-state index contributed by atoms with van der Waals surface area (Å²) in [5.74, 6) is 1.17. The molecule has 0 aromatic heterocycles. The SMILES string of the molecule is Cc1ccc(SCCCC(C)N)c(C)c1. The van der Waals surface area contributed by atoms with Crippen molar-refractivity contribution in [2.45, 2.75) is 44.6 Å². The fourth-order valence-corrected chi connectivity index (χ4v) is 2.53. The number of aryl methyl sites for hydroxylation is 2. The Kier molecular flexibility index (Phi) is 5.20. The number of hydrogen-bond donors (Lipinski definition) is 1. The van der Waals surface area contributed by atoms with Crippen LogP contribution in [0.25, 0.3) is 0 Å². The second kappa shape index (κ2) is 6.19. The van der Waals surface area contributed by atoms with Crippen LogP contribution in [-0.4, -0.2) is 11.8 Å². The first kappa shape index (κ1) is 12.6. The fraction of sp³-hybridized carbons (Fsp3) is 0.538. The van der Waals surface area contributed by atoms with Gasteiger partial charge in [-0.1, -0.05) is 17.7 Å². The van der Waals surface area contributed by atoms with E-state index < -0.39 is 0 Å². The van der Waals surface area contributed by atoms with Gasteiger partial charge >= 0.3 is 0 Å². The summed E-state index contributed by atoms with van der Waals surface area (Å²) < 4.78 is 0. The topological polar surface area (TPSA) is 26.0 Å². The molecule has 1 rings (SSSR count). The van der Waals surface area contributed by atoms with Crippen LogP contribution in [0, 0.1) is 13.8 Å². The van der Waals surface area contributed by atoms with Crippen LogP contribution in [-0.2, 0) is 0 Å². The molecule has 1 nitrogen and oxygen atoms in total. The molecular weight excluding hydrogens is 202 g/mol. The first-order valence-electron chi connectivity index (χ1n) is 5.55. The van der Waals surface area contributed by atoms with Crippen molar-refractivity contribution in [1.29, 1.82) is 0 Å². The quantitative estimate of drug-likeness (QED) is 0.610. The van der Waals surface area contributed by atoms with Crippen LogP contribution in [0.15, 0.2) is 23.1 Å². The Balaban J connectivity index is 2.37. The third-order valence-electron chi connectivity index (χ3n) is 2.39. The van der Waals surface area contributed by atoms with Crippen molar-refractivity contribution in [3.63, 3.8) is 0 Å². The average Bonchev–Trinajstić information content (AvgIpc) is 2.14. The molecule has 84 valence electrons. The van der Waals surface area contributed by atoms with Crippen LogP contribution >= 0.6 is 11.8 Å². The first-order valence-corrected chi connectivity index (χ1v) is 6.54. The lowest BCUT2D eigenvalue weighted by Gasteiger charge is -2.07. The Labute approximate surface area is 97.4 Å². The minimum absolute atomic E-state index is 0.338. The Morgan fingerprint density at radius 2 is 2.07 bits per heavy atom. The van der Waals surface area contributed by atoms with Crippen molar-refractivity contribution >= 4 is 11.8 Å². The second-order valence-corrected chi connectivity index (χ2v) is 5.37. The second-order valence-electron chi connectivity index (χ2n) is 4.24. The molecule has 1 atom stereocenters. The van der Waals surface area contributed by atoms with E-state index in [4.69, 9.17) is 5.73 Å². The molecule has 0 bridgehead atoms. The lowest BCUT2D eigenvalue weighted by atomic mass is 10.2. The zero-order valence-electron chi connectivity index (χ0n) is 9.92. The van der Waals surface area contributed by atoms with Gasteiger partial charge in [-0.3, -0.25) is 0 Å². The van der Waals surface area contributed by atoms with E-state index in [-0.39, 0.29) is 0 Å². The third kappa shape index (κ3) is 4.72. The Morgan fingerprint density at radius 1 is 1.33 bits per heavy atom. The monoisotopic (exact) mass is 223 g/mol. The summed E-state index contributed by atoms with van der Waals surface area (Å²) in [6, 6.07) is 6.99. The van der Waals surface area contributed by atoms with E-state index >= 15 is 0 Å². The van der Waals surface area contributed by atoms with Crippen LogP contribution < -0.4 is 5.73 Å². The molecule has 1 aromatic rings. The number of benzene rings is 1. The first-order chi connectivity index (χ1) is 7.09. The molecule has 1 aromatic carbocycles. The summed E-state index contributed by atoms with van der Waals surface area (Å²) in [6.07, 6.45) is 2.33. The molecule has 0 heterocycles. The standard InChI is InChI=1S/C13H21NS/c1-10-6-7-13(11(2)9-10)15-8-4-5-12(3)14/h6-7,9,12H,4-5,8,14H2,1-3H3. The summed E-state index contributed by atoms with van der Waals surface area (Å²) in [4.78, 5) is 1.41. The van der Waals surface area contributed by atoms with Gasteiger partial charge in [-0.25, -0.2) is 0 Å². The maximum atomic E-state index is 5.71. The van der Waals surface area contributed by atoms with Crippen molar-refractivity contribution in [1.82, 2.24) is 0 Å². The zero-order valence-corrected chi connectivity index (χ0v) is 10.7. The number of thioether (sulfide) groups is 1. The molecule has 0 aliphatic heterocycles. The highest BCUT2D eigenvalue weighted by molar-refractivity contribution is 7.99. The van der Waals surface area contributed by atoms with Crippen LogP contribution in [0.1, 0.15) is 30.9 Å². The molecule has 1 unspecified atom stereocenters. The van der Waals surface area contributed by atoms with E-state index in [1.54, 1.807) is 0 Å². The highest BCUT2D eigenvalue weighted by atomic mass is 32.2. The maximum absolute atomic E-state index is 5.71. The molecule has 0 spiro atoms. The highest BCUT2D eigenvalue weighted by Gasteiger charge is 2.00. The minimum atomic E-state index is 0.338. The van der Waals surface area contributed by atoms with E-state index in [1.165, 1.54) is 28.2 Å². The van der Waals surface area contributed by atoms with Gasteiger partial charge in [-0.05, 0) is 51.0 Å². The third-order valence-corrected chi connectivity index (χ3v) is 3.65. The van der Waals surface area contributed by atoms with Gasteiger partial charge in [0.25, 0.3) is 0 Å². The van der Waals surface area contributed by atoms with Crippen LogP contribution in [0.3, 0.4) is 0 Å². The van der Waals surface area contributed by atoms with Gasteiger partial charge in [0.15, 0.2) is 0 Å². The number of nitrogens with two attached hydrogens (primary N) is 1. The normalized spacial score (nSPS) is 12.8. The summed E-state index contributed by atoms with van der Waals surface area (Å²) in [5, 5.41) is 0. The van der Waals surface area contributed by atoms with Crippen LogP contribution in [0.5, 0.6) is 0 Å². The highest BCUT2D eigenvalue weighted by Crippen LogP contribution is 2.24. The molecular formula is C13H21NS. The van der Waals surface area contributed by atoms with Crippen molar-refractivity contribution in [2.24, 2.45) is 5.73 Å². The van der Waals surface area contributed by atoms with Gasteiger partial charge < -0.3 is 5.73 Å². The summed E-state index contributed by atoms with van der Waals surface area (Å²) in [7, 11) is 0. The minimum Gasteiger partial charge on any atom is -0.328 e. The molecule has 0 saturated heterocycles. The van der Waals surface area contributed by atoms with Gasteiger partial charge in [-0.15, -0.1) is 11.8 Å². The lowest BCUT2D eigenvalue weighted by molar-refractivity contribution is 0.656. The van der Waals surface area contributed by atoms with E-state index in [0.29, 0.717) is 6.04 Å². The fourth-order valence-electron chi connectivity index (χ4n) is 1.55. The van der Waals surface area contributed by atoms with E-state index in [1.807, 2.05) is 11.8 Å². The van der Waals surface area contributed by atoms with E-state index in [0.717, 1.165) is 6.42 Å². The summed E-state index contributed by atoms with van der Waals surface area (Å²) in [5.41, 5.74) is 8.44. The Hall–Kier alpha value is -0.470. The Morgan fingerprint density at radius 3 is 2.67 bits per heavy atom. The van der Waals surface area contributed by atoms with Gasteiger partial charge in [0.05, 0.1) is 0 Å². The summed E-state index contributed by atoms with van der Waals surface area (Å²) in [6.45, 7) is 6.39. The molecule has 0 radical (unpaired) electrons. The van der Waals surface area contributed by atoms with Gasteiger partial charge in [0.2, 0.25) is 0 Å². The predicted molar refractivity (Wildman–Crippen MR) is 69.5 cm³/mol. The molecule has 0 aliphatic carbocycles. The van der Waals surface area contributed by atoms with Crippen LogP contribution in [0.2, 0.25) is 0 Å². The van der Waals surface area contributed by atoms with E-state index in [2.05, 4.69) is 39.0 Å². The molecule has 0 aliphatic rings. The van der Waals surface area contributed by atoms with Crippen LogP contribution in [0.4, 0.5) is 0 Å². The molecule has 0 fully saturated rings. The van der Waals surface area contributed by atoms with Crippen molar-refractivity contribution in [2.75, 3.05) is 5.75 Å². The summed E-state index contributed by atoms with van der Waals surface area (Å²) >= 11 is 1.94.